The number of aliphatic carboxylic acids is 1. The molecule has 0 aliphatic heterocycles. The molecule has 3 rings (SSSR count). The normalized spacial score (nSPS) is 12.3. The van der Waals surface area contributed by atoms with Gasteiger partial charge in [0.15, 0.2) is 5.78 Å². The zero-order valence-corrected chi connectivity index (χ0v) is 21.8. The molecule has 0 aromatic heterocycles. The van der Waals surface area contributed by atoms with Crippen LogP contribution in [0.25, 0.3) is 11.1 Å². The molecule has 1 atom stereocenters. The number of ketones is 1. The Balaban J connectivity index is 1.58. The summed E-state index contributed by atoms with van der Waals surface area (Å²) >= 11 is 6.11. The number of nitrogens with one attached hydrogen (secondary N) is 1. The van der Waals surface area contributed by atoms with Gasteiger partial charge >= 0.3 is 12.1 Å². The molecule has 0 aliphatic rings. The molecule has 0 radical (unpaired) electrons. The molecule has 0 amide bonds. The van der Waals surface area contributed by atoms with Crippen molar-refractivity contribution in [2.24, 2.45) is 5.92 Å². The van der Waals surface area contributed by atoms with E-state index in [-0.39, 0.29) is 35.6 Å². The minimum atomic E-state index is -4.45. The van der Waals surface area contributed by atoms with Crippen LogP contribution in [0, 0.1) is 5.92 Å². The number of carboxylic acids is 1. The summed E-state index contributed by atoms with van der Waals surface area (Å²) in [5, 5.41) is 12.1. The molecular formula is C29H29ClF3NO4. The molecule has 3 aromatic rings. The first-order chi connectivity index (χ1) is 17.9. The van der Waals surface area contributed by atoms with Crippen molar-refractivity contribution in [2.75, 3.05) is 11.9 Å². The number of anilines is 1. The summed E-state index contributed by atoms with van der Waals surface area (Å²) in [6, 6.07) is 17.3. The fraction of sp³-hybridized carbons (Fsp3) is 0.310. The number of hydrogen-bond acceptors (Lipinski definition) is 4. The number of benzene rings is 3. The molecule has 0 spiro atoms. The summed E-state index contributed by atoms with van der Waals surface area (Å²) in [5.74, 6) is -0.189. The minimum Gasteiger partial charge on any atom is -0.491 e. The first-order valence-corrected chi connectivity index (χ1v) is 12.5. The van der Waals surface area contributed by atoms with Gasteiger partial charge in [-0.05, 0) is 66.4 Å². The fourth-order valence-corrected chi connectivity index (χ4v) is 4.04. The summed E-state index contributed by atoms with van der Waals surface area (Å²) in [5.41, 5.74) is 1.73. The summed E-state index contributed by atoms with van der Waals surface area (Å²) in [6.07, 6.45) is -4.00. The van der Waals surface area contributed by atoms with Crippen molar-refractivity contribution in [1.82, 2.24) is 0 Å². The van der Waals surface area contributed by atoms with E-state index in [4.69, 9.17) is 21.4 Å². The zero-order chi connectivity index (χ0) is 27.9. The Hall–Kier alpha value is -3.52. The summed E-state index contributed by atoms with van der Waals surface area (Å²) in [7, 11) is 0. The van der Waals surface area contributed by atoms with Gasteiger partial charge in [-0.2, -0.15) is 13.2 Å². The van der Waals surface area contributed by atoms with E-state index in [0.29, 0.717) is 35.5 Å². The molecule has 5 nitrogen and oxygen atoms in total. The lowest BCUT2D eigenvalue weighted by molar-refractivity contribution is -0.138. The molecule has 0 fully saturated rings. The van der Waals surface area contributed by atoms with Gasteiger partial charge in [0.2, 0.25) is 0 Å². The standard InChI is InChI=1S/C29H29ClF3NO4/c1-18(2)26(34-22-11-6-20(7-12-22)27(35)4-3-5-28(36)37)17-38-23-13-8-19(9-14-23)24-15-10-21(16-25(24)30)29(31,32)33/h6-16,18,26,34H,3-5,17H2,1-2H3,(H,36,37)/t26-/m0/s1. The van der Waals surface area contributed by atoms with Crippen molar-refractivity contribution >= 4 is 29.0 Å². The second-order valence-electron chi connectivity index (χ2n) is 9.27. The maximum absolute atomic E-state index is 12.9. The van der Waals surface area contributed by atoms with Crippen LogP contribution in [0.3, 0.4) is 0 Å². The van der Waals surface area contributed by atoms with E-state index in [1.54, 1.807) is 36.4 Å². The molecule has 0 bridgehead atoms. The van der Waals surface area contributed by atoms with Gasteiger partial charge in [-0.15, -0.1) is 0 Å². The molecule has 202 valence electrons. The monoisotopic (exact) mass is 547 g/mol. The summed E-state index contributed by atoms with van der Waals surface area (Å²) in [4.78, 5) is 22.9. The van der Waals surface area contributed by atoms with Crippen molar-refractivity contribution in [3.8, 4) is 16.9 Å². The van der Waals surface area contributed by atoms with Crippen molar-refractivity contribution in [2.45, 2.75) is 45.3 Å². The number of ether oxygens (including phenoxy) is 1. The van der Waals surface area contributed by atoms with Gasteiger partial charge in [-0.3, -0.25) is 9.59 Å². The highest BCUT2D eigenvalue weighted by molar-refractivity contribution is 6.33. The van der Waals surface area contributed by atoms with E-state index in [9.17, 15) is 22.8 Å². The second kappa shape index (κ2) is 12.8. The lowest BCUT2D eigenvalue weighted by Gasteiger charge is -2.24. The molecule has 3 aromatic carbocycles. The number of carboxylic acid groups (broad SMARTS) is 1. The Bertz CT molecular complexity index is 1240. The van der Waals surface area contributed by atoms with E-state index in [1.807, 2.05) is 12.1 Å². The highest BCUT2D eigenvalue weighted by atomic mass is 35.5. The van der Waals surface area contributed by atoms with Crippen LogP contribution in [0.2, 0.25) is 5.02 Å². The van der Waals surface area contributed by atoms with Crippen molar-refractivity contribution < 1.29 is 32.6 Å². The number of rotatable bonds is 12. The lowest BCUT2D eigenvalue weighted by Crippen LogP contribution is -2.32. The lowest BCUT2D eigenvalue weighted by atomic mass is 10.0. The predicted molar refractivity (Wildman–Crippen MR) is 142 cm³/mol. The van der Waals surface area contributed by atoms with Crippen molar-refractivity contribution in [3.63, 3.8) is 0 Å². The van der Waals surface area contributed by atoms with Crippen molar-refractivity contribution in [1.29, 1.82) is 0 Å². The fourth-order valence-electron chi connectivity index (χ4n) is 3.75. The van der Waals surface area contributed by atoms with Crippen LogP contribution in [0.1, 0.15) is 49.0 Å². The second-order valence-corrected chi connectivity index (χ2v) is 9.68. The van der Waals surface area contributed by atoms with Crippen LogP contribution >= 0.6 is 11.6 Å². The highest BCUT2D eigenvalue weighted by Crippen LogP contribution is 2.36. The average Bonchev–Trinajstić information content (AvgIpc) is 2.86. The van der Waals surface area contributed by atoms with Gasteiger partial charge in [0.1, 0.15) is 12.4 Å². The molecule has 0 unspecified atom stereocenters. The number of Topliss-reactive ketones (excluding diaryl/α,β-unsaturated/α-hetero) is 1. The molecule has 0 saturated carbocycles. The van der Waals surface area contributed by atoms with E-state index in [2.05, 4.69) is 19.2 Å². The largest absolute Gasteiger partial charge is 0.491 e. The Kier molecular flexibility index (Phi) is 9.80. The van der Waals surface area contributed by atoms with Gasteiger partial charge in [0.25, 0.3) is 0 Å². The quantitative estimate of drug-likeness (QED) is 0.225. The van der Waals surface area contributed by atoms with Gasteiger partial charge in [0.05, 0.1) is 11.6 Å². The van der Waals surface area contributed by atoms with Gasteiger partial charge < -0.3 is 15.2 Å². The maximum atomic E-state index is 12.9. The van der Waals surface area contributed by atoms with Crippen molar-refractivity contribution in [3.05, 3.63) is 82.9 Å². The third kappa shape index (κ3) is 8.25. The van der Waals surface area contributed by atoms with Gasteiger partial charge in [0, 0.05) is 34.7 Å². The summed E-state index contributed by atoms with van der Waals surface area (Å²) in [6.45, 7) is 4.46. The molecule has 0 heterocycles. The third-order valence-electron chi connectivity index (χ3n) is 6.05. The molecule has 9 heteroatoms. The van der Waals surface area contributed by atoms with Crippen LogP contribution in [0.4, 0.5) is 18.9 Å². The molecule has 0 saturated heterocycles. The van der Waals surface area contributed by atoms with E-state index < -0.39 is 17.7 Å². The highest BCUT2D eigenvalue weighted by Gasteiger charge is 2.31. The third-order valence-corrected chi connectivity index (χ3v) is 6.36. The van der Waals surface area contributed by atoms with E-state index >= 15 is 0 Å². The van der Waals surface area contributed by atoms with Gasteiger partial charge in [-0.1, -0.05) is 43.6 Å². The summed E-state index contributed by atoms with van der Waals surface area (Å²) < 4.78 is 44.7. The zero-order valence-electron chi connectivity index (χ0n) is 21.0. The molecular weight excluding hydrogens is 519 g/mol. The number of hydrogen-bond donors (Lipinski definition) is 2. The smallest absolute Gasteiger partial charge is 0.416 e. The van der Waals surface area contributed by atoms with Crippen LogP contribution in [0.15, 0.2) is 66.7 Å². The molecule has 2 N–H and O–H groups in total. The predicted octanol–water partition coefficient (Wildman–Crippen LogP) is 7.98. The van der Waals surface area contributed by atoms with Crippen LogP contribution in [0.5, 0.6) is 5.75 Å². The number of carbonyl (C=O) groups is 2. The topological polar surface area (TPSA) is 75.6 Å². The number of halogens is 4. The molecule has 0 aliphatic carbocycles. The Morgan fingerprint density at radius 3 is 2.18 bits per heavy atom. The van der Waals surface area contributed by atoms with Crippen LogP contribution < -0.4 is 10.1 Å². The number of alkyl halides is 3. The SMILES string of the molecule is CC(C)[C@H](COc1ccc(-c2ccc(C(F)(F)F)cc2Cl)cc1)Nc1ccc(C(=O)CCCC(=O)O)cc1. The average molecular weight is 548 g/mol. The Morgan fingerprint density at radius 2 is 1.63 bits per heavy atom. The Morgan fingerprint density at radius 1 is 0.974 bits per heavy atom. The maximum Gasteiger partial charge on any atom is 0.416 e. The minimum absolute atomic E-state index is 0.0190. The van der Waals surface area contributed by atoms with Crippen LogP contribution in [-0.2, 0) is 11.0 Å². The van der Waals surface area contributed by atoms with E-state index in [0.717, 1.165) is 17.8 Å². The number of carbonyl (C=O) groups excluding carboxylic acids is 1. The van der Waals surface area contributed by atoms with E-state index in [1.165, 1.54) is 6.07 Å². The Labute approximate surface area is 224 Å². The van der Waals surface area contributed by atoms with Gasteiger partial charge in [-0.25, -0.2) is 0 Å². The first kappa shape index (κ1) is 29.0. The molecule has 38 heavy (non-hydrogen) atoms. The first-order valence-electron chi connectivity index (χ1n) is 12.2. The van der Waals surface area contributed by atoms with Crippen LogP contribution in [-0.4, -0.2) is 29.5 Å².